The molecule has 3 aliphatic rings. The first-order valence-electron chi connectivity index (χ1n) is 12.8. The van der Waals surface area contributed by atoms with Crippen LogP contribution in [-0.4, -0.2) is 81.4 Å². The quantitative estimate of drug-likeness (QED) is 0.589. The number of benzene rings is 1. The molecule has 0 radical (unpaired) electrons. The van der Waals surface area contributed by atoms with E-state index in [0.717, 1.165) is 17.8 Å². The van der Waals surface area contributed by atoms with Crippen molar-refractivity contribution < 1.29 is 22.7 Å². The number of cyclic esters (lactones) is 1. The number of hydrogen-bond acceptors (Lipinski definition) is 7. The summed E-state index contributed by atoms with van der Waals surface area (Å²) in [6, 6.07) is 7.12. The van der Waals surface area contributed by atoms with Gasteiger partial charge in [0.1, 0.15) is 11.9 Å². The summed E-state index contributed by atoms with van der Waals surface area (Å²) in [6.07, 6.45) is 2.59. The summed E-state index contributed by atoms with van der Waals surface area (Å²) in [5.41, 5.74) is 3.47. The number of hydrogen-bond donors (Lipinski definition) is 0. The van der Waals surface area contributed by atoms with Crippen LogP contribution >= 0.6 is 0 Å². The number of aromatic nitrogens is 1. The normalized spacial score (nSPS) is 21.5. The zero-order valence-corrected chi connectivity index (χ0v) is 22.3. The standard InChI is InChI=1S/C26H33N5O5S/c1-4-20-14-18(2)24(27-16-20)28-9-11-29(12-10-28)25(32)22-7-6-21(30-17-19(3)36-26(30)33)15-23(22)31-8-5-13-37(31,34)35/h6-7,14-16,19H,4-5,8-13,17H2,1-3H3/t19-/m0/s1. The first kappa shape index (κ1) is 25.3. The Balaban J connectivity index is 1.39. The van der Waals surface area contributed by atoms with Gasteiger partial charge in [0.05, 0.1) is 23.5 Å². The molecule has 2 amide bonds. The topological polar surface area (TPSA) is 103 Å². The van der Waals surface area contributed by atoms with Gasteiger partial charge < -0.3 is 14.5 Å². The Bertz CT molecular complexity index is 1320. The highest BCUT2D eigenvalue weighted by Crippen LogP contribution is 2.34. The number of ether oxygens (including phenoxy) is 1. The van der Waals surface area contributed by atoms with Crippen LogP contribution in [0.25, 0.3) is 0 Å². The van der Waals surface area contributed by atoms with Crippen LogP contribution in [0.3, 0.4) is 0 Å². The van der Waals surface area contributed by atoms with Gasteiger partial charge in [0.2, 0.25) is 10.0 Å². The predicted molar refractivity (Wildman–Crippen MR) is 142 cm³/mol. The van der Waals surface area contributed by atoms with Crippen LogP contribution in [0.4, 0.5) is 22.0 Å². The lowest BCUT2D eigenvalue weighted by Crippen LogP contribution is -2.49. The van der Waals surface area contributed by atoms with Crippen LogP contribution in [0.15, 0.2) is 30.5 Å². The zero-order valence-electron chi connectivity index (χ0n) is 21.5. The third-order valence-electron chi connectivity index (χ3n) is 7.24. The maximum absolute atomic E-state index is 13.7. The first-order chi connectivity index (χ1) is 17.7. The number of carbonyl (C=O) groups excluding carboxylic acids is 2. The van der Waals surface area contributed by atoms with Gasteiger partial charge in [-0.1, -0.05) is 13.0 Å². The summed E-state index contributed by atoms with van der Waals surface area (Å²) in [6.45, 7) is 8.91. The number of aryl methyl sites for hydroxylation is 2. The Morgan fingerprint density at radius 1 is 1.14 bits per heavy atom. The molecule has 3 aliphatic heterocycles. The largest absolute Gasteiger partial charge is 0.444 e. The molecular weight excluding hydrogens is 494 g/mol. The van der Waals surface area contributed by atoms with Crippen LogP contribution < -0.4 is 14.1 Å². The average Bonchev–Trinajstić information content (AvgIpc) is 3.42. The number of rotatable bonds is 5. The van der Waals surface area contributed by atoms with Crippen molar-refractivity contribution in [2.75, 3.05) is 59.1 Å². The van der Waals surface area contributed by atoms with Crippen LogP contribution in [0.5, 0.6) is 0 Å². The van der Waals surface area contributed by atoms with Crippen molar-refractivity contribution >= 4 is 39.2 Å². The van der Waals surface area contributed by atoms with Gasteiger partial charge in [0, 0.05) is 44.6 Å². The second-order valence-corrected chi connectivity index (χ2v) is 11.9. The molecule has 0 unspecified atom stereocenters. The SMILES string of the molecule is CCc1cnc(N2CCN(C(=O)c3ccc(N4C[C@H](C)OC4=O)cc3N3CCCS3(=O)=O)CC2)c(C)c1. The number of carbonyl (C=O) groups is 2. The van der Waals surface area contributed by atoms with Crippen LogP contribution in [0.1, 0.15) is 41.8 Å². The van der Waals surface area contributed by atoms with Crippen molar-refractivity contribution in [3.63, 3.8) is 0 Å². The maximum Gasteiger partial charge on any atom is 0.414 e. The number of pyridine rings is 1. The van der Waals surface area contributed by atoms with E-state index in [1.807, 2.05) is 6.20 Å². The van der Waals surface area contributed by atoms with Gasteiger partial charge in [-0.25, -0.2) is 18.2 Å². The predicted octanol–water partition coefficient (Wildman–Crippen LogP) is 2.80. The van der Waals surface area contributed by atoms with E-state index in [4.69, 9.17) is 4.74 Å². The Morgan fingerprint density at radius 2 is 1.89 bits per heavy atom. The van der Waals surface area contributed by atoms with E-state index in [9.17, 15) is 18.0 Å². The second-order valence-electron chi connectivity index (χ2n) is 9.87. The molecule has 0 aliphatic carbocycles. The maximum atomic E-state index is 13.7. The molecule has 3 saturated heterocycles. The highest BCUT2D eigenvalue weighted by atomic mass is 32.2. The van der Waals surface area contributed by atoms with Crippen molar-refractivity contribution in [3.05, 3.63) is 47.2 Å². The first-order valence-corrected chi connectivity index (χ1v) is 14.4. The fourth-order valence-electron chi connectivity index (χ4n) is 5.24. The van der Waals surface area contributed by atoms with E-state index in [0.29, 0.717) is 62.6 Å². The van der Waals surface area contributed by atoms with E-state index in [1.165, 1.54) is 14.8 Å². The molecule has 37 heavy (non-hydrogen) atoms. The minimum atomic E-state index is -3.54. The highest BCUT2D eigenvalue weighted by Gasteiger charge is 2.35. The van der Waals surface area contributed by atoms with E-state index in [1.54, 1.807) is 30.0 Å². The van der Waals surface area contributed by atoms with Crippen LogP contribution in [0.2, 0.25) is 0 Å². The van der Waals surface area contributed by atoms with Crippen molar-refractivity contribution in [3.8, 4) is 0 Å². The monoisotopic (exact) mass is 527 g/mol. The minimum Gasteiger partial charge on any atom is -0.444 e. The molecular formula is C26H33N5O5S. The molecule has 2 aromatic rings. The fourth-order valence-corrected chi connectivity index (χ4v) is 6.81. The molecule has 1 aromatic heterocycles. The molecule has 4 heterocycles. The lowest BCUT2D eigenvalue weighted by molar-refractivity contribution is 0.0747. The summed E-state index contributed by atoms with van der Waals surface area (Å²) in [4.78, 5) is 36.1. The van der Waals surface area contributed by atoms with E-state index in [2.05, 4.69) is 29.8 Å². The van der Waals surface area contributed by atoms with Crippen molar-refractivity contribution in [1.29, 1.82) is 0 Å². The molecule has 0 saturated carbocycles. The van der Waals surface area contributed by atoms with Crippen molar-refractivity contribution in [2.24, 2.45) is 0 Å². The summed E-state index contributed by atoms with van der Waals surface area (Å²) < 4.78 is 32.2. The highest BCUT2D eigenvalue weighted by molar-refractivity contribution is 7.93. The van der Waals surface area contributed by atoms with Gasteiger partial charge in [-0.15, -0.1) is 0 Å². The summed E-state index contributed by atoms with van der Waals surface area (Å²) in [7, 11) is -3.54. The van der Waals surface area contributed by atoms with Gasteiger partial charge in [-0.3, -0.25) is 14.0 Å². The zero-order chi connectivity index (χ0) is 26.3. The molecule has 198 valence electrons. The van der Waals surface area contributed by atoms with E-state index >= 15 is 0 Å². The molecule has 1 aromatic carbocycles. The Kier molecular flexibility index (Phi) is 6.74. The third-order valence-corrected chi connectivity index (χ3v) is 9.09. The van der Waals surface area contributed by atoms with Crippen molar-refractivity contribution in [1.82, 2.24) is 9.88 Å². The summed E-state index contributed by atoms with van der Waals surface area (Å²) in [5.74, 6) is 0.756. The molecule has 1 atom stereocenters. The number of amides is 2. The fraction of sp³-hybridized carbons (Fsp3) is 0.500. The smallest absolute Gasteiger partial charge is 0.414 e. The third kappa shape index (κ3) is 4.84. The molecule has 3 fully saturated rings. The molecule has 0 spiro atoms. The van der Waals surface area contributed by atoms with E-state index < -0.39 is 16.1 Å². The van der Waals surface area contributed by atoms with Gasteiger partial charge in [-0.05, 0) is 56.0 Å². The lowest BCUT2D eigenvalue weighted by atomic mass is 10.1. The van der Waals surface area contributed by atoms with E-state index in [-0.39, 0.29) is 17.8 Å². The van der Waals surface area contributed by atoms with Crippen LogP contribution in [-0.2, 0) is 21.2 Å². The van der Waals surface area contributed by atoms with Crippen molar-refractivity contribution in [2.45, 2.75) is 39.7 Å². The summed E-state index contributed by atoms with van der Waals surface area (Å²) >= 11 is 0. The van der Waals surface area contributed by atoms with Gasteiger partial charge in [-0.2, -0.15) is 0 Å². The molecule has 5 rings (SSSR count). The number of nitrogens with zero attached hydrogens (tertiary/aromatic N) is 5. The van der Waals surface area contributed by atoms with Gasteiger partial charge >= 0.3 is 6.09 Å². The summed E-state index contributed by atoms with van der Waals surface area (Å²) in [5, 5.41) is 0. The molecule has 11 heteroatoms. The lowest BCUT2D eigenvalue weighted by Gasteiger charge is -2.36. The van der Waals surface area contributed by atoms with Gasteiger partial charge in [0.15, 0.2) is 0 Å². The molecule has 0 N–H and O–H groups in total. The minimum absolute atomic E-state index is 0.0372. The molecule has 10 nitrogen and oxygen atoms in total. The van der Waals surface area contributed by atoms with Gasteiger partial charge in [0.25, 0.3) is 5.91 Å². The number of anilines is 3. The Labute approximate surface area is 217 Å². The van der Waals surface area contributed by atoms with Crippen LogP contribution in [0, 0.1) is 6.92 Å². The molecule has 0 bridgehead atoms. The number of piperazine rings is 1. The number of sulfonamides is 1. The Morgan fingerprint density at radius 3 is 2.49 bits per heavy atom. The average molecular weight is 528 g/mol. The Hall–Kier alpha value is -3.34. The second kappa shape index (κ2) is 9.85.